The smallest absolute Gasteiger partial charge is 0.420 e. The Morgan fingerprint density at radius 2 is 2.14 bits per heavy atom. The third-order valence-corrected chi connectivity index (χ3v) is 3.19. The fourth-order valence-electron chi connectivity index (χ4n) is 2.20. The van der Waals surface area contributed by atoms with E-state index in [4.69, 9.17) is 14.9 Å². The van der Waals surface area contributed by atoms with Gasteiger partial charge in [-0.05, 0) is 24.5 Å². The molecule has 1 heterocycles. The van der Waals surface area contributed by atoms with Gasteiger partial charge in [0.05, 0.1) is 12.3 Å². The fraction of sp³-hybridized carbons (Fsp3) is 0.467. The van der Waals surface area contributed by atoms with Gasteiger partial charge in [0.25, 0.3) is 0 Å². The molecule has 0 bridgehead atoms. The number of aromatic nitrogens is 1. The Morgan fingerprint density at radius 1 is 1.43 bits per heavy atom. The number of benzene rings is 1. The highest BCUT2D eigenvalue weighted by molar-refractivity contribution is 5.87. The van der Waals surface area contributed by atoms with E-state index in [0.717, 1.165) is 0 Å². The lowest BCUT2D eigenvalue weighted by Gasteiger charge is -2.16. The summed E-state index contributed by atoms with van der Waals surface area (Å²) in [4.78, 5) is 24.3. The summed E-state index contributed by atoms with van der Waals surface area (Å²) < 4.78 is 11.7. The first kappa shape index (κ1) is 15.2. The molecule has 0 saturated carbocycles. The van der Waals surface area contributed by atoms with Gasteiger partial charge >= 0.3 is 11.7 Å². The van der Waals surface area contributed by atoms with Crippen LogP contribution in [-0.2, 0) is 9.53 Å². The Labute approximate surface area is 122 Å². The molecule has 2 rings (SSSR count). The molecule has 0 aliphatic rings. The molecular formula is C15H20N2O4. The number of rotatable bonds is 5. The van der Waals surface area contributed by atoms with E-state index < -0.39 is 17.8 Å². The standard InChI is InChI=1S/C15H20N2O4/c1-4-11(14(18)20-8-9(2)3)17-13-10(16)6-5-7-12(13)21-15(17)19/h5-7,9,11H,4,8,16H2,1-3H3. The molecule has 0 radical (unpaired) electrons. The summed E-state index contributed by atoms with van der Waals surface area (Å²) in [5, 5.41) is 0. The van der Waals surface area contributed by atoms with Crippen LogP contribution in [0.1, 0.15) is 33.2 Å². The monoisotopic (exact) mass is 292 g/mol. The van der Waals surface area contributed by atoms with E-state index in [0.29, 0.717) is 29.8 Å². The van der Waals surface area contributed by atoms with E-state index in [-0.39, 0.29) is 5.92 Å². The predicted molar refractivity (Wildman–Crippen MR) is 80.0 cm³/mol. The first-order valence-electron chi connectivity index (χ1n) is 7.01. The lowest BCUT2D eigenvalue weighted by Crippen LogP contribution is -2.29. The number of oxazole rings is 1. The second-order valence-corrected chi connectivity index (χ2v) is 5.38. The van der Waals surface area contributed by atoms with Crippen molar-refractivity contribution in [1.82, 2.24) is 4.57 Å². The Kier molecular flexibility index (Phi) is 4.35. The predicted octanol–water partition coefficient (Wildman–Crippen LogP) is 2.33. The summed E-state index contributed by atoms with van der Waals surface area (Å²) >= 11 is 0. The number of hydrogen-bond acceptors (Lipinski definition) is 5. The lowest BCUT2D eigenvalue weighted by molar-refractivity contribution is -0.148. The van der Waals surface area contributed by atoms with Crippen LogP contribution >= 0.6 is 0 Å². The van der Waals surface area contributed by atoms with E-state index in [1.807, 2.05) is 20.8 Å². The fourth-order valence-corrected chi connectivity index (χ4v) is 2.20. The van der Waals surface area contributed by atoms with E-state index in [2.05, 4.69) is 0 Å². The van der Waals surface area contributed by atoms with Gasteiger partial charge in [-0.3, -0.25) is 4.57 Å². The van der Waals surface area contributed by atoms with E-state index >= 15 is 0 Å². The molecule has 1 aromatic heterocycles. The number of ether oxygens (including phenoxy) is 1. The normalized spacial score (nSPS) is 12.8. The average Bonchev–Trinajstić information content (AvgIpc) is 2.75. The van der Waals surface area contributed by atoms with Crippen LogP contribution in [0.3, 0.4) is 0 Å². The molecule has 2 N–H and O–H groups in total. The third kappa shape index (κ3) is 2.94. The maximum absolute atomic E-state index is 12.2. The Morgan fingerprint density at radius 3 is 2.76 bits per heavy atom. The number of para-hydroxylation sites is 1. The highest BCUT2D eigenvalue weighted by Crippen LogP contribution is 2.25. The first-order chi connectivity index (χ1) is 9.95. The quantitative estimate of drug-likeness (QED) is 0.675. The van der Waals surface area contributed by atoms with Gasteiger partial charge in [-0.15, -0.1) is 0 Å². The molecular weight excluding hydrogens is 272 g/mol. The first-order valence-corrected chi connectivity index (χ1v) is 7.01. The molecule has 6 heteroatoms. The summed E-state index contributed by atoms with van der Waals surface area (Å²) in [6, 6.07) is 4.28. The van der Waals surface area contributed by atoms with Crippen molar-refractivity contribution in [3.63, 3.8) is 0 Å². The molecule has 114 valence electrons. The molecule has 0 amide bonds. The van der Waals surface area contributed by atoms with Crippen LogP contribution in [0, 0.1) is 5.92 Å². The van der Waals surface area contributed by atoms with Gasteiger partial charge in [0, 0.05) is 0 Å². The molecule has 0 saturated heterocycles. The number of carbonyl (C=O) groups excluding carboxylic acids is 1. The molecule has 0 spiro atoms. The van der Waals surface area contributed by atoms with Crippen molar-refractivity contribution in [2.45, 2.75) is 33.2 Å². The van der Waals surface area contributed by atoms with Crippen LogP contribution in [0.5, 0.6) is 0 Å². The van der Waals surface area contributed by atoms with Crippen molar-refractivity contribution in [1.29, 1.82) is 0 Å². The van der Waals surface area contributed by atoms with Crippen molar-refractivity contribution in [3.8, 4) is 0 Å². The number of nitrogens with two attached hydrogens (primary N) is 1. The second-order valence-electron chi connectivity index (χ2n) is 5.38. The van der Waals surface area contributed by atoms with Crippen LogP contribution in [0.15, 0.2) is 27.4 Å². The van der Waals surface area contributed by atoms with Gasteiger partial charge in [-0.1, -0.05) is 26.8 Å². The lowest BCUT2D eigenvalue weighted by atomic mass is 10.2. The van der Waals surface area contributed by atoms with Crippen LogP contribution in [0.2, 0.25) is 0 Å². The van der Waals surface area contributed by atoms with Gasteiger partial charge in [0.1, 0.15) is 11.6 Å². The zero-order valence-corrected chi connectivity index (χ0v) is 12.5. The largest absolute Gasteiger partial charge is 0.464 e. The van der Waals surface area contributed by atoms with Gasteiger partial charge in [0.15, 0.2) is 5.58 Å². The van der Waals surface area contributed by atoms with Gasteiger partial charge in [-0.25, -0.2) is 9.59 Å². The number of carbonyl (C=O) groups is 1. The van der Waals surface area contributed by atoms with Crippen molar-refractivity contribution < 1.29 is 13.9 Å². The molecule has 0 aliphatic heterocycles. The average molecular weight is 292 g/mol. The summed E-state index contributed by atoms with van der Waals surface area (Å²) in [6.45, 7) is 6.03. The summed E-state index contributed by atoms with van der Waals surface area (Å²) in [5.74, 6) is -0.815. The number of fused-ring (bicyclic) bond motifs is 1. The topological polar surface area (TPSA) is 87.5 Å². The molecule has 1 aromatic carbocycles. The molecule has 0 aliphatic carbocycles. The zero-order chi connectivity index (χ0) is 15.6. The van der Waals surface area contributed by atoms with Gasteiger partial charge in [-0.2, -0.15) is 0 Å². The minimum Gasteiger partial charge on any atom is -0.464 e. The van der Waals surface area contributed by atoms with Gasteiger partial charge in [0.2, 0.25) is 0 Å². The Hall–Kier alpha value is -2.24. The number of hydrogen-bond donors (Lipinski definition) is 1. The zero-order valence-electron chi connectivity index (χ0n) is 12.5. The highest BCUT2D eigenvalue weighted by atomic mass is 16.5. The summed E-state index contributed by atoms with van der Waals surface area (Å²) in [6.07, 6.45) is 0.416. The van der Waals surface area contributed by atoms with E-state index in [1.54, 1.807) is 18.2 Å². The maximum atomic E-state index is 12.2. The molecule has 6 nitrogen and oxygen atoms in total. The SMILES string of the molecule is CCC(C(=O)OCC(C)C)n1c(=O)oc2cccc(N)c21. The molecule has 0 fully saturated rings. The Balaban J connectivity index is 2.45. The summed E-state index contributed by atoms with van der Waals surface area (Å²) in [7, 11) is 0. The van der Waals surface area contributed by atoms with Crippen LogP contribution in [0.25, 0.3) is 11.1 Å². The number of esters is 1. The second kappa shape index (κ2) is 6.03. The van der Waals surface area contributed by atoms with Crippen LogP contribution in [0.4, 0.5) is 5.69 Å². The van der Waals surface area contributed by atoms with Crippen molar-refractivity contribution >= 4 is 22.8 Å². The summed E-state index contributed by atoms with van der Waals surface area (Å²) in [5.41, 5.74) is 7.12. The molecule has 1 unspecified atom stereocenters. The maximum Gasteiger partial charge on any atom is 0.420 e. The minimum atomic E-state index is -0.734. The van der Waals surface area contributed by atoms with Crippen LogP contribution < -0.4 is 11.5 Å². The highest BCUT2D eigenvalue weighted by Gasteiger charge is 2.26. The van der Waals surface area contributed by atoms with Crippen LogP contribution in [-0.4, -0.2) is 17.1 Å². The van der Waals surface area contributed by atoms with Gasteiger partial charge < -0.3 is 14.9 Å². The number of nitrogen functional groups attached to an aromatic ring is 1. The van der Waals surface area contributed by atoms with Crippen molar-refractivity contribution in [3.05, 3.63) is 28.7 Å². The molecule has 21 heavy (non-hydrogen) atoms. The van der Waals surface area contributed by atoms with Crippen molar-refractivity contribution in [2.24, 2.45) is 5.92 Å². The number of anilines is 1. The van der Waals surface area contributed by atoms with Crippen molar-refractivity contribution in [2.75, 3.05) is 12.3 Å². The van der Waals surface area contributed by atoms with E-state index in [9.17, 15) is 9.59 Å². The third-order valence-electron chi connectivity index (χ3n) is 3.19. The minimum absolute atomic E-state index is 0.231. The Bertz CT molecular complexity index is 699. The molecule has 2 aromatic rings. The van der Waals surface area contributed by atoms with E-state index in [1.165, 1.54) is 4.57 Å². The number of nitrogens with zero attached hydrogens (tertiary/aromatic N) is 1. The molecule has 1 atom stereocenters.